The highest BCUT2D eigenvalue weighted by Crippen LogP contribution is 2.24. The number of benzene rings is 1. The summed E-state index contributed by atoms with van der Waals surface area (Å²) in [5.41, 5.74) is 7.60. The second-order valence-corrected chi connectivity index (χ2v) is 5.64. The summed E-state index contributed by atoms with van der Waals surface area (Å²) in [7, 11) is 0. The molecule has 2 N–H and O–H groups in total. The maximum absolute atomic E-state index is 11.1. The molecular weight excluding hydrogens is 250 g/mol. The molecule has 0 saturated carbocycles. The van der Waals surface area contributed by atoms with Crippen LogP contribution in [0.4, 0.5) is 0 Å². The van der Waals surface area contributed by atoms with Crippen molar-refractivity contribution < 1.29 is 4.79 Å². The lowest BCUT2D eigenvalue weighted by Crippen LogP contribution is -2.29. The average molecular weight is 271 g/mol. The fourth-order valence-corrected chi connectivity index (χ4v) is 2.97. The van der Waals surface area contributed by atoms with Gasteiger partial charge in [-0.15, -0.1) is 0 Å². The molecule has 1 amide bonds. The van der Waals surface area contributed by atoms with Gasteiger partial charge in [0.05, 0.1) is 5.71 Å². The summed E-state index contributed by atoms with van der Waals surface area (Å²) in [6.07, 6.45) is 4.68. The first-order valence-electron chi connectivity index (χ1n) is 7.47. The number of hydrazone groups is 1. The van der Waals surface area contributed by atoms with Gasteiger partial charge in [-0.25, -0.2) is 5.43 Å². The fourth-order valence-electron chi connectivity index (χ4n) is 2.97. The number of hydrogen-bond acceptors (Lipinski definition) is 3. The summed E-state index contributed by atoms with van der Waals surface area (Å²) in [5, 5.41) is 7.77. The highest BCUT2D eigenvalue weighted by Gasteiger charge is 2.22. The molecule has 1 aromatic rings. The molecule has 1 heterocycles. The molecule has 106 valence electrons. The van der Waals surface area contributed by atoms with Crippen molar-refractivity contribution in [3.05, 3.63) is 34.9 Å². The lowest BCUT2D eigenvalue weighted by atomic mass is 10.00. The van der Waals surface area contributed by atoms with Crippen LogP contribution in [0, 0.1) is 0 Å². The van der Waals surface area contributed by atoms with Crippen LogP contribution >= 0.6 is 0 Å². The van der Waals surface area contributed by atoms with Crippen molar-refractivity contribution in [3.8, 4) is 0 Å². The Balaban J connectivity index is 1.74. The van der Waals surface area contributed by atoms with Crippen LogP contribution in [0.1, 0.15) is 42.9 Å². The molecule has 1 aromatic carbocycles. The van der Waals surface area contributed by atoms with Crippen LogP contribution in [0.25, 0.3) is 0 Å². The van der Waals surface area contributed by atoms with Gasteiger partial charge >= 0.3 is 0 Å². The third-order valence-electron chi connectivity index (χ3n) is 4.06. The summed E-state index contributed by atoms with van der Waals surface area (Å²) in [6, 6.07) is 7.18. The summed E-state index contributed by atoms with van der Waals surface area (Å²) >= 11 is 0. The lowest BCUT2D eigenvalue weighted by Gasteiger charge is -2.13. The Kier molecular flexibility index (Phi) is 3.83. The Morgan fingerprint density at radius 1 is 1.30 bits per heavy atom. The molecule has 1 aliphatic carbocycles. The summed E-state index contributed by atoms with van der Waals surface area (Å²) in [6.45, 7) is 3.28. The van der Waals surface area contributed by atoms with Crippen molar-refractivity contribution in [1.82, 2.24) is 10.7 Å². The Morgan fingerprint density at radius 2 is 2.15 bits per heavy atom. The van der Waals surface area contributed by atoms with Gasteiger partial charge in [-0.05, 0) is 48.6 Å². The molecule has 2 aliphatic rings. The first-order valence-corrected chi connectivity index (χ1v) is 7.47. The molecular formula is C16H21N3O. The van der Waals surface area contributed by atoms with E-state index in [2.05, 4.69) is 41.0 Å². The van der Waals surface area contributed by atoms with Crippen molar-refractivity contribution >= 4 is 11.6 Å². The van der Waals surface area contributed by atoms with Crippen LogP contribution in [0.3, 0.4) is 0 Å². The predicted molar refractivity (Wildman–Crippen MR) is 79.8 cm³/mol. The maximum atomic E-state index is 11.1. The minimum atomic E-state index is 0.0127. The van der Waals surface area contributed by atoms with E-state index in [9.17, 15) is 4.79 Å². The molecule has 0 aromatic heterocycles. The van der Waals surface area contributed by atoms with E-state index in [0.717, 1.165) is 37.1 Å². The third-order valence-corrected chi connectivity index (χ3v) is 4.06. The number of fused-ring (bicyclic) bond motifs is 1. The first kappa shape index (κ1) is 13.3. The van der Waals surface area contributed by atoms with Crippen molar-refractivity contribution in [2.45, 2.75) is 45.1 Å². The molecule has 3 rings (SSSR count). The van der Waals surface area contributed by atoms with E-state index in [4.69, 9.17) is 0 Å². The minimum Gasteiger partial charge on any atom is -0.313 e. The molecule has 1 atom stereocenters. The normalized spacial score (nSPS) is 21.4. The lowest BCUT2D eigenvalue weighted by molar-refractivity contribution is -0.121. The molecule has 0 radical (unpaired) electrons. The van der Waals surface area contributed by atoms with E-state index in [1.807, 2.05) is 0 Å². The van der Waals surface area contributed by atoms with Crippen LogP contribution in [-0.2, 0) is 17.6 Å². The zero-order chi connectivity index (χ0) is 13.9. The van der Waals surface area contributed by atoms with Gasteiger partial charge in [-0.2, -0.15) is 5.10 Å². The molecule has 0 fully saturated rings. The van der Waals surface area contributed by atoms with Crippen LogP contribution in [0.5, 0.6) is 0 Å². The van der Waals surface area contributed by atoms with Crippen LogP contribution < -0.4 is 10.7 Å². The fraction of sp³-hybridized carbons (Fsp3) is 0.500. The van der Waals surface area contributed by atoms with Crippen molar-refractivity contribution in [3.63, 3.8) is 0 Å². The largest absolute Gasteiger partial charge is 0.313 e. The second-order valence-electron chi connectivity index (χ2n) is 5.64. The summed E-state index contributed by atoms with van der Waals surface area (Å²) in [5.74, 6) is 0.0127. The van der Waals surface area contributed by atoms with E-state index in [0.29, 0.717) is 12.5 Å². The quantitative estimate of drug-likeness (QED) is 0.877. The second kappa shape index (κ2) is 5.75. The molecule has 1 unspecified atom stereocenters. The van der Waals surface area contributed by atoms with E-state index >= 15 is 0 Å². The molecule has 0 bridgehead atoms. The van der Waals surface area contributed by atoms with Gasteiger partial charge in [0.25, 0.3) is 0 Å². The highest BCUT2D eigenvalue weighted by molar-refractivity contribution is 6.04. The standard InChI is InChI=1S/C16H21N3O/c1-2-7-17-14-9-11-3-4-12(8-13(11)10-14)15-5-6-16(20)19-18-15/h3-4,8,14,17H,2,5-7,9-10H2,1H3,(H,19,20). The zero-order valence-corrected chi connectivity index (χ0v) is 11.9. The minimum absolute atomic E-state index is 0.0127. The first-order chi connectivity index (χ1) is 9.76. The number of nitrogens with zero attached hydrogens (tertiary/aromatic N) is 1. The topological polar surface area (TPSA) is 53.5 Å². The number of amides is 1. The van der Waals surface area contributed by atoms with E-state index < -0.39 is 0 Å². The monoisotopic (exact) mass is 271 g/mol. The average Bonchev–Trinajstić information content (AvgIpc) is 2.87. The van der Waals surface area contributed by atoms with Gasteiger partial charge in [-0.3, -0.25) is 4.79 Å². The number of hydrogen-bond donors (Lipinski definition) is 2. The molecule has 0 saturated heterocycles. The van der Waals surface area contributed by atoms with Crippen LogP contribution in [0.2, 0.25) is 0 Å². The van der Waals surface area contributed by atoms with E-state index in [1.54, 1.807) is 0 Å². The highest BCUT2D eigenvalue weighted by atomic mass is 16.2. The number of carbonyl (C=O) groups excluding carboxylic acids is 1. The summed E-state index contributed by atoms with van der Waals surface area (Å²) in [4.78, 5) is 11.1. The summed E-state index contributed by atoms with van der Waals surface area (Å²) < 4.78 is 0. The zero-order valence-electron chi connectivity index (χ0n) is 11.9. The maximum Gasteiger partial charge on any atom is 0.240 e. The van der Waals surface area contributed by atoms with Crippen LogP contribution in [-0.4, -0.2) is 24.2 Å². The van der Waals surface area contributed by atoms with Gasteiger partial charge < -0.3 is 5.32 Å². The van der Waals surface area contributed by atoms with Gasteiger partial charge in [0.2, 0.25) is 5.91 Å². The molecule has 4 heteroatoms. The number of carbonyl (C=O) groups is 1. The van der Waals surface area contributed by atoms with Gasteiger partial charge in [-0.1, -0.05) is 19.1 Å². The Morgan fingerprint density at radius 3 is 2.90 bits per heavy atom. The Hall–Kier alpha value is -1.68. The van der Waals surface area contributed by atoms with Crippen molar-refractivity contribution in [2.24, 2.45) is 5.10 Å². The van der Waals surface area contributed by atoms with Crippen molar-refractivity contribution in [1.29, 1.82) is 0 Å². The van der Waals surface area contributed by atoms with E-state index in [1.165, 1.54) is 17.5 Å². The van der Waals surface area contributed by atoms with Gasteiger partial charge in [0.1, 0.15) is 0 Å². The van der Waals surface area contributed by atoms with Crippen LogP contribution in [0.15, 0.2) is 23.3 Å². The van der Waals surface area contributed by atoms with Crippen molar-refractivity contribution in [2.75, 3.05) is 6.54 Å². The predicted octanol–water partition coefficient (Wildman–Crippen LogP) is 1.77. The van der Waals surface area contributed by atoms with E-state index in [-0.39, 0.29) is 5.91 Å². The smallest absolute Gasteiger partial charge is 0.240 e. The number of rotatable bonds is 4. The third kappa shape index (κ3) is 2.75. The van der Waals surface area contributed by atoms with Gasteiger partial charge in [0, 0.05) is 18.9 Å². The molecule has 1 aliphatic heterocycles. The van der Waals surface area contributed by atoms with Gasteiger partial charge in [0.15, 0.2) is 0 Å². The molecule has 4 nitrogen and oxygen atoms in total. The molecule has 0 spiro atoms. The Labute approximate surface area is 119 Å². The number of nitrogens with one attached hydrogen (secondary N) is 2. The SMILES string of the molecule is CCCNC1Cc2ccc(C3=NNC(=O)CC3)cc2C1. The molecule has 20 heavy (non-hydrogen) atoms. The Bertz CT molecular complexity index is 551.